The van der Waals surface area contributed by atoms with Gasteiger partial charge in [-0.3, -0.25) is 0 Å². The summed E-state index contributed by atoms with van der Waals surface area (Å²) in [6.07, 6.45) is 5.89. The molecule has 0 bridgehead atoms. The zero-order chi connectivity index (χ0) is 14.6. The number of aromatic nitrogens is 2. The maximum absolute atomic E-state index is 11.7. The number of urea groups is 1. The van der Waals surface area contributed by atoms with E-state index in [2.05, 4.69) is 20.2 Å². The molecule has 0 aliphatic carbocycles. The summed E-state index contributed by atoms with van der Waals surface area (Å²) in [6.45, 7) is 5.99. The lowest BCUT2D eigenvalue weighted by Crippen LogP contribution is -2.45. The number of aryl methyl sites for hydroxylation is 1. The second kappa shape index (κ2) is 6.26. The second-order valence-electron chi connectivity index (χ2n) is 5.93. The molecule has 0 aromatic carbocycles. The lowest BCUT2D eigenvalue weighted by atomic mass is 9.99. The summed E-state index contributed by atoms with van der Waals surface area (Å²) in [5.74, 6) is 1.62. The molecule has 1 aliphatic heterocycles. The van der Waals surface area contributed by atoms with E-state index in [-0.39, 0.29) is 11.6 Å². The van der Waals surface area contributed by atoms with E-state index in [4.69, 9.17) is 4.74 Å². The molecule has 6 nitrogen and oxygen atoms in total. The molecule has 1 atom stereocenters. The Hall–Kier alpha value is -1.56. The third kappa shape index (κ3) is 3.96. The Morgan fingerprint density at radius 2 is 2.35 bits per heavy atom. The van der Waals surface area contributed by atoms with Gasteiger partial charge in [-0.15, -0.1) is 0 Å². The molecule has 0 fully saturated rings. The standard InChI is InChI=1S/C14H24N4O2/c1-14(2,20-3)10-17-13(19)16-8-11-4-5-12-15-6-7-18(12)9-11/h6-7,11H,4-5,8-10H2,1-3H3,(H2,16,17,19)/t11-/m1/s1. The molecule has 0 radical (unpaired) electrons. The van der Waals surface area contributed by atoms with Crippen LogP contribution in [0.1, 0.15) is 26.1 Å². The molecule has 0 saturated heterocycles. The summed E-state index contributed by atoms with van der Waals surface area (Å²) in [5.41, 5.74) is -0.339. The van der Waals surface area contributed by atoms with Gasteiger partial charge >= 0.3 is 6.03 Å². The molecular weight excluding hydrogens is 256 g/mol. The van der Waals surface area contributed by atoms with Crippen molar-refractivity contribution < 1.29 is 9.53 Å². The first kappa shape index (κ1) is 14.8. The summed E-state index contributed by atoms with van der Waals surface area (Å²) >= 11 is 0. The minimum atomic E-state index is -0.339. The fourth-order valence-electron chi connectivity index (χ4n) is 2.27. The predicted octanol–water partition coefficient (Wildman–Crippen LogP) is 1.17. The number of hydrogen-bond acceptors (Lipinski definition) is 3. The van der Waals surface area contributed by atoms with Gasteiger partial charge in [0.25, 0.3) is 0 Å². The summed E-state index contributed by atoms with van der Waals surface area (Å²) in [6, 6.07) is -0.133. The number of ether oxygens (including phenoxy) is 1. The minimum absolute atomic E-state index is 0.133. The van der Waals surface area contributed by atoms with Gasteiger partial charge < -0.3 is 19.9 Å². The average Bonchev–Trinajstić information content (AvgIpc) is 2.90. The molecule has 0 saturated carbocycles. The molecule has 0 spiro atoms. The first-order valence-electron chi connectivity index (χ1n) is 7.07. The van der Waals surface area contributed by atoms with Crippen molar-refractivity contribution in [2.24, 2.45) is 5.92 Å². The molecule has 1 aliphatic rings. The van der Waals surface area contributed by atoms with Crippen LogP contribution in [0.25, 0.3) is 0 Å². The van der Waals surface area contributed by atoms with Gasteiger partial charge in [-0.1, -0.05) is 0 Å². The van der Waals surface area contributed by atoms with Crippen LogP contribution >= 0.6 is 0 Å². The number of carbonyl (C=O) groups excluding carboxylic acids is 1. The van der Waals surface area contributed by atoms with E-state index in [0.29, 0.717) is 19.0 Å². The van der Waals surface area contributed by atoms with Crippen molar-refractivity contribution in [3.05, 3.63) is 18.2 Å². The van der Waals surface area contributed by atoms with Gasteiger partial charge in [0.15, 0.2) is 0 Å². The number of hydrogen-bond donors (Lipinski definition) is 2. The van der Waals surface area contributed by atoms with Crippen LogP contribution in [0.3, 0.4) is 0 Å². The molecule has 2 heterocycles. The third-order valence-corrected chi connectivity index (χ3v) is 3.81. The fourth-order valence-corrected chi connectivity index (χ4v) is 2.27. The molecule has 112 valence electrons. The number of nitrogens with zero attached hydrogens (tertiary/aromatic N) is 2. The first-order valence-corrected chi connectivity index (χ1v) is 7.07. The molecule has 0 unspecified atom stereocenters. The van der Waals surface area contributed by atoms with Crippen LogP contribution < -0.4 is 10.6 Å². The van der Waals surface area contributed by atoms with Gasteiger partial charge in [0.05, 0.1) is 5.60 Å². The van der Waals surface area contributed by atoms with E-state index in [1.807, 2.05) is 26.2 Å². The number of carbonyl (C=O) groups is 1. The van der Waals surface area contributed by atoms with Crippen molar-refractivity contribution in [3.63, 3.8) is 0 Å². The highest BCUT2D eigenvalue weighted by Crippen LogP contribution is 2.17. The summed E-state index contributed by atoms with van der Waals surface area (Å²) < 4.78 is 7.43. The highest BCUT2D eigenvalue weighted by Gasteiger charge is 2.20. The number of amides is 2. The van der Waals surface area contributed by atoms with Crippen LogP contribution in [0.4, 0.5) is 4.79 Å². The largest absolute Gasteiger partial charge is 0.377 e. The number of imidazole rings is 1. The number of nitrogens with one attached hydrogen (secondary N) is 2. The summed E-state index contributed by atoms with van der Waals surface area (Å²) in [4.78, 5) is 16.0. The van der Waals surface area contributed by atoms with Crippen LogP contribution in [-0.4, -0.2) is 41.4 Å². The fraction of sp³-hybridized carbons (Fsp3) is 0.714. The van der Waals surface area contributed by atoms with Crippen LogP contribution in [0, 0.1) is 5.92 Å². The number of fused-ring (bicyclic) bond motifs is 1. The zero-order valence-corrected chi connectivity index (χ0v) is 12.5. The molecule has 1 aromatic heterocycles. The van der Waals surface area contributed by atoms with E-state index < -0.39 is 0 Å². The van der Waals surface area contributed by atoms with Gasteiger partial charge in [-0.05, 0) is 26.2 Å². The van der Waals surface area contributed by atoms with Gasteiger partial charge in [0.1, 0.15) is 5.82 Å². The number of methoxy groups -OCH3 is 1. The molecule has 2 amide bonds. The third-order valence-electron chi connectivity index (χ3n) is 3.81. The molecule has 2 rings (SSSR count). The summed E-state index contributed by atoms with van der Waals surface area (Å²) in [5, 5.41) is 5.77. The summed E-state index contributed by atoms with van der Waals surface area (Å²) in [7, 11) is 1.64. The highest BCUT2D eigenvalue weighted by atomic mass is 16.5. The first-order chi connectivity index (χ1) is 9.50. The Kier molecular flexibility index (Phi) is 4.65. The van der Waals surface area contributed by atoms with Crippen molar-refractivity contribution in [1.82, 2.24) is 20.2 Å². The SMILES string of the molecule is COC(C)(C)CNC(=O)NC[C@H]1CCc2nccn2C1. The second-order valence-corrected chi connectivity index (χ2v) is 5.93. The molecule has 20 heavy (non-hydrogen) atoms. The molecular formula is C14H24N4O2. The Balaban J connectivity index is 1.70. The Morgan fingerprint density at radius 1 is 1.55 bits per heavy atom. The Morgan fingerprint density at radius 3 is 3.10 bits per heavy atom. The normalized spacial score (nSPS) is 18.4. The number of rotatable bonds is 5. The lowest BCUT2D eigenvalue weighted by molar-refractivity contribution is 0.0253. The zero-order valence-electron chi connectivity index (χ0n) is 12.5. The molecule has 6 heteroatoms. The van der Waals surface area contributed by atoms with Gasteiger partial charge in [-0.2, -0.15) is 0 Å². The van der Waals surface area contributed by atoms with Gasteiger partial charge in [0.2, 0.25) is 0 Å². The maximum atomic E-state index is 11.7. The average molecular weight is 280 g/mol. The maximum Gasteiger partial charge on any atom is 0.314 e. The smallest absolute Gasteiger partial charge is 0.314 e. The van der Waals surface area contributed by atoms with E-state index in [1.54, 1.807) is 7.11 Å². The van der Waals surface area contributed by atoms with Crippen LogP contribution in [0.5, 0.6) is 0 Å². The van der Waals surface area contributed by atoms with Gasteiger partial charge in [-0.25, -0.2) is 9.78 Å². The lowest BCUT2D eigenvalue weighted by Gasteiger charge is -2.25. The van der Waals surface area contributed by atoms with Crippen LogP contribution in [0.15, 0.2) is 12.4 Å². The van der Waals surface area contributed by atoms with Crippen LogP contribution in [0.2, 0.25) is 0 Å². The van der Waals surface area contributed by atoms with E-state index in [1.165, 1.54) is 0 Å². The topological polar surface area (TPSA) is 68.2 Å². The van der Waals surface area contributed by atoms with E-state index in [0.717, 1.165) is 25.2 Å². The Bertz CT molecular complexity index is 456. The van der Waals surface area contributed by atoms with Crippen molar-refractivity contribution in [1.29, 1.82) is 0 Å². The van der Waals surface area contributed by atoms with E-state index in [9.17, 15) is 4.79 Å². The van der Waals surface area contributed by atoms with Crippen molar-refractivity contribution in [2.75, 3.05) is 20.2 Å². The molecule has 1 aromatic rings. The van der Waals surface area contributed by atoms with Gasteiger partial charge in [0, 0.05) is 45.6 Å². The Labute approximate surface area is 119 Å². The van der Waals surface area contributed by atoms with Crippen molar-refractivity contribution >= 4 is 6.03 Å². The monoisotopic (exact) mass is 280 g/mol. The van der Waals surface area contributed by atoms with Crippen LogP contribution in [-0.2, 0) is 17.7 Å². The van der Waals surface area contributed by atoms with Crippen molar-refractivity contribution in [3.8, 4) is 0 Å². The quantitative estimate of drug-likeness (QED) is 0.850. The highest BCUT2D eigenvalue weighted by molar-refractivity contribution is 5.73. The molecule has 2 N–H and O–H groups in total. The minimum Gasteiger partial charge on any atom is -0.377 e. The van der Waals surface area contributed by atoms with E-state index >= 15 is 0 Å². The van der Waals surface area contributed by atoms with Crippen molar-refractivity contribution in [2.45, 2.75) is 38.8 Å². The predicted molar refractivity (Wildman–Crippen MR) is 76.5 cm³/mol.